The smallest absolute Gasteiger partial charge is 0.343 e. The average molecular weight is 431 g/mol. The number of nitro groups is 1. The van der Waals surface area contributed by atoms with Gasteiger partial charge in [0.1, 0.15) is 5.75 Å². The Bertz CT molecular complexity index is 1060. The van der Waals surface area contributed by atoms with E-state index in [4.69, 9.17) is 4.74 Å². The van der Waals surface area contributed by atoms with Crippen molar-refractivity contribution in [2.24, 2.45) is 4.99 Å². The first-order valence-electron chi connectivity index (χ1n) is 10.7. The van der Waals surface area contributed by atoms with Crippen LogP contribution < -0.4 is 4.74 Å². The van der Waals surface area contributed by atoms with Gasteiger partial charge in [-0.15, -0.1) is 0 Å². The van der Waals surface area contributed by atoms with Gasteiger partial charge >= 0.3 is 5.97 Å². The zero-order valence-corrected chi connectivity index (χ0v) is 18.1. The molecule has 3 aromatic rings. The number of nitro benzene ring substituents is 1. The van der Waals surface area contributed by atoms with Crippen LogP contribution in [-0.2, 0) is 6.42 Å². The lowest BCUT2D eigenvalue weighted by Gasteiger charge is -2.06. The van der Waals surface area contributed by atoms with Crippen LogP contribution in [0.3, 0.4) is 0 Å². The lowest BCUT2D eigenvalue weighted by atomic mass is 10.0. The number of hydrogen-bond acceptors (Lipinski definition) is 5. The van der Waals surface area contributed by atoms with Crippen LogP contribution >= 0.6 is 0 Å². The van der Waals surface area contributed by atoms with Gasteiger partial charge < -0.3 is 4.74 Å². The van der Waals surface area contributed by atoms with Crippen molar-refractivity contribution in [2.75, 3.05) is 0 Å². The van der Waals surface area contributed by atoms with E-state index in [9.17, 15) is 14.9 Å². The normalized spacial score (nSPS) is 10.9. The van der Waals surface area contributed by atoms with Gasteiger partial charge in [-0.05, 0) is 72.5 Å². The molecule has 0 N–H and O–H groups in total. The Morgan fingerprint density at radius 1 is 0.938 bits per heavy atom. The Balaban J connectivity index is 1.53. The molecule has 0 bridgehead atoms. The second-order valence-corrected chi connectivity index (χ2v) is 7.50. The van der Waals surface area contributed by atoms with Gasteiger partial charge in [0.2, 0.25) is 0 Å². The van der Waals surface area contributed by atoms with E-state index in [0.29, 0.717) is 17.0 Å². The van der Waals surface area contributed by atoms with E-state index in [1.807, 2.05) is 24.3 Å². The van der Waals surface area contributed by atoms with Gasteiger partial charge in [0.25, 0.3) is 5.69 Å². The van der Waals surface area contributed by atoms with E-state index >= 15 is 0 Å². The maximum Gasteiger partial charge on any atom is 0.343 e. The summed E-state index contributed by atoms with van der Waals surface area (Å²) < 4.78 is 5.46. The fraction of sp³-hybridized carbons (Fsp3) is 0.231. The molecule has 0 aromatic heterocycles. The van der Waals surface area contributed by atoms with Crippen molar-refractivity contribution in [1.82, 2.24) is 0 Å². The van der Waals surface area contributed by atoms with Crippen LogP contribution in [0.4, 0.5) is 11.4 Å². The van der Waals surface area contributed by atoms with Crippen LogP contribution in [0, 0.1) is 10.1 Å². The summed E-state index contributed by atoms with van der Waals surface area (Å²) in [5.74, 6) is 0.0564. The van der Waals surface area contributed by atoms with Gasteiger partial charge in [0.05, 0.1) is 16.2 Å². The van der Waals surface area contributed by atoms with Crippen LogP contribution in [-0.4, -0.2) is 17.1 Å². The Morgan fingerprint density at radius 2 is 1.62 bits per heavy atom. The summed E-state index contributed by atoms with van der Waals surface area (Å²) in [6, 6.07) is 20.6. The molecule has 0 aliphatic carbocycles. The summed E-state index contributed by atoms with van der Waals surface area (Å²) in [4.78, 5) is 26.9. The van der Waals surface area contributed by atoms with Crippen molar-refractivity contribution in [2.45, 2.75) is 39.0 Å². The summed E-state index contributed by atoms with van der Waals surface area (Å²) in [6.07, 6.45) is 7.54. The highest BCUT2D eigenvalue weighted by Crippen LogP contribution is 2.19. The predicted molar refractivity (Wildman–Crippen MR) is 126 cm³/mol. The molecule has 3 rings (SSSR count). The maximum atomic E-state index is 12.4. The molecule has 164 valence electrons. The Kier molecular flexibility index (Phi) is 8.26. The third kappa shape index (κ3) is 6.87. The number of carbonyl (C=O) groups excluding carboxylic acids is 1. The molecule has 0 unspecified atom stereocenters. The number of non-ortho nitro benzene ring substituents is 1. The monoisotopic (exact) mass is 430 g/mol. The Hall–Kier alpha value is -3.80. The minimum absolute atomic E-state index is 0.0248. The predicted octanol–water partition coefficient (Wildman–Crippen LogP) is 6.69. The topological polar surface area (TPSA) is 81.8 Å². The molecule has 6 nitrogen and oxygen atoms in total. The van der Waals surface area contributed by atoms with Gasteiger partial charge in [-0.2, -0.15) is 0 Å². The van der Waals surface area contributed by atoms with Crippen LogP contribution in [0.25, 0.3) is 0 Å². The van der Waals surface area contributed by atoms with Crippen LogP contribution in [0.15, 0.2) is 77.8 Å². The van der Waals surface area contributed by atoms with E-state index in [1.54, 1.807) is 42.6 Å². The number of ether oxygens (including phenoxy) is 1. The molecule has 0 amide bonds. The molecule has 0 fully saturated rings. The first-order chi connectivity index (χ1) is 15.5. The van der Waals surface area contributed by atoms with Crippen LogP contribution in [0.2, 0.25) is 0 Å². The number of unbranched alkanes of at least 4 members (excludes halogenated alkanes) is 3. The zero-order chi connectivity index (χ0) is 22.8. The third-order valence-corrected chi connectivity index (χ3v) is 5.02. The zero-order valence-electron chi connectivity index (χ0n) is 18.1. The fourth-order valence-corrected chi connectivity index (χ4v) is 3.16. The molecule has 0 aliphatic heterocycles. The molecule has 0 saturated heterocycles. The molecule has 0 radical (unpaired) electrons. The quantitative estimate of drug-likeness (QED) is 0.0896. The summed E-state index contributed by atoms with van der Waals surface area (Å²) in [7, 11) is 0. The van der Waals surface area contributed by atoms with Crippen molar-refractivity contribution >= 4 is 23.6 Å². The molecule has 0 atom stereocenters. The third-order valence-electron chi connectivity index (χ3n) is 5.02. The Morgan fingerprint density at radius 3 is 2.25 bits per heavy atom. The van der Waals surface area contributed by atoms with E-state index in [0.717, 1.165) is 18.4 Å². The van der Waals surface area contributed by atoms with Gasteiger partial charge in [-0.3, -0.25) is 15.1 Å². The number of aryl methyl sites for hydroxylation is 1. The van der Waals surface area contributed by atoms with Crippen LogP contribution in [0.5, 0.6) is 5.75 Å². The molecule has 6 heteroatoms. The number of aliphatic imine (C=N–C) groups is 1. The van der Waals surface area contributed by atoms with Gasteiger partial charge in [0.15, 0.2) is 0 Å². The highest BCUT2D eigenvalue weighted by Gasteiger charge is 2.09. The van der Waals surface area contributed by atoms with E-state index in [1.165, 1.54) is 37.0 Å². The maximum absolute atomic E-state index is 12.4. The highest BCUT2D eigenvalue weighted by atomic mass is 16.6. The summed E-state index contributed by atoms with van der Waals surface area (Å²) >= 11 is 0. The molecular weight excluding hydrogens is 404 g/mol. The van der Waals surface area contributed by atoms with Crippen LogP contribution in [0.1, 0.15) is 54.1 Å². The first kappa shape index (κ1) is 22.9. The SMILES string of the molecule is CCCCCCc1ccc(C(=O)Oc2ccc(C=Nc3ccc([N+](=O)[O-])cc3)cc2)cc1. The molecule has 0 aliphatic rings. The number of rotatable bonds is 10. The molecule has 0 spiro atoms. The number of benzene rings is 3. The van der Waals surface area contributed by atoms with Crippen molar-refractivity contribution < 1.29 is 14.5 Å². The fourth-order valence-electron chi connectivity index (χ4n) is 3.16. The van der Waals surface area contributed by atoms with Crippen molar-refractivity contribution in [3.8, 4) is 5.75 Å². The summed E-state index contributed by atoms with van der Waals surface area (Å²) in [6.45, 7) is 2.20. The minimum Gasteiger partial charge on any atom is -0.423 e. The van der Waals surface area contributed by atoms with Crippen molar-refractivity contribution in [1.29, 1.82) is 0 Å². The van der Waals surface area contributed by atoms with Gasteiger partial charge in [-0.25, -0.2) is 4.79 Å². The first-order valence-corrected chi connectivity index (χ1v) is 10.7. The van der Waals surface area contributed by atoms with Crippen molar-refractivity contribution in [3.63, 3.8) is 0 Å². The Labute approximate surface area is 187 Å². The molecule has 0 heterocycles. The molecular formula is C26H26N2O4. The standard InChI is InChI=1S/C26H26N2O4/c1-2-3-4-5-6-20-7-11-22(12-8-20)26(29)32-25-17-9-21(10-18-25)19-27-23-13-15-24(16-14-23)28(30)31/h7-19H,2-6H2,1H3. The number of hydrogen-bond donors (Lipinski definition) is 0. The molecule has 3 aromatic carbocycles. The largest absolute Gasteiger partial charge is 0.423 e. The summed E-state index contributed by atoms with van der Waals surface area (Å²) in [5, 5.41) is 10.7. The molecule has 0 saturated carbocycles. The number of nitrogens with zero attached hydrogens (tertiary/aromatic N) is 2. The lowest BCUT2D eigenvalue weighted by molar-refractivity contribution is -0.384. The average Bonchev–Trinajstić information content (AvgIpc) is 2.82. The van der Waals surface area contributed by atoms with Gasteiger partial charge in [0, 0.05) is 18.3 Å². The van der Waals surface area contributed by atoms with Gasteiger partial charge in [-0.1, -0.05) is 38.3 Å². The summed E-state index contributed by atoms with van der Waals surface area (Å²) in [5.41, 5.74) is 3.20. The molecule has 32 heavy (non-hydrogen) atoms. The van der Waals surface area contributed by atoms with E-state index in [-0.39, 0.29) is 5.69 Å². The highest BCUT2D eigenvalue weighted by molar-refractivity contribution is 5.91. The van der Waals surface area contributed by atoms with E-state index < -0.39 is 10.9 Å². The van der Waals surface area contributed by atoms with Crippen molar-refractivity contribution in [3.05, 3.63) is 99.6 Å². The second kappa shape index (κ2) is 11.6. The van der Waals surface area contributed by atoms with E-state index in [2.05, 4.69) is 11.9 Å². The second-order valence-electron chi connectivity index (χ2n) is 7.50. The lowest BCUT2D eigenvalue weighted by Crippen LogP contribution is -2.08. The number of esters is 1. The number of carbonyl (C=O) groups is 1. The minimum atomic E-state index is -0.448.